The van der Waals surface area contributed by atoms with Gasteiger partial charge >= 0.3 is 12.2 Å². The van der Waals surface area contributed by atoms with E-state index < -0.39 is 22.8 Å². The van der Waals surface area contributed by atoms with Gasteiger partial charge in [0.15, 0.2) is 0 Å². The van der Waals surface area contributed by atoms with Crippen LogP contribution in [0.5, 0.6) is 0 Å². The maximum absolute atomic E-state index is 13.0. The predicted octanol–water partition coefficient (Wildman–Crippen LogP) is 4.17. The van der Waals surface area contributed by atoms with Crippen molar-refractivity contribution >= 4 is 34.9 Å². The highest BCUT2D eigenvalue weighted by molar-refractivity contribution is 6.31. The van der Waals surface area contributed by atoms with Crippen LogP contribution < -0.4 is 10.2 Å². The molecule has 31 heavy (non-hydrogen) atoms. The van der Waals surface area contributed by atoms with E-state index in [9.17, 15) is 22.8 Å². The van der Waals surface area contributed by atoms with E-state index in [0.29, 0.717) is 26.2 Å². The zero-order chi connectivity index (χ0) is 22.6. The molecule has 0 atom stereocenters. The fourth-order valence-corrected chi connectivity index (χ4v) is 3.45. The number of halogens is 4. The Hall–Kier alpha value is -2.78. The summed E-state index contributed by atoms with van der Waals surface area (Å²) in [4.78, 5) is 30.0. The summed E-state index contributed by atoms with van der Waals surface area (Å²) < 4.78 is 39.0. The summed E-state index contributed by atoms with van der Waals surface area (Å²) in [5, 5.41) is 2.05. The second-order valence-corrected chi connectivity index (χ2v) is 7.58. The van der Waals surface area contributed by atoms with E-state index in [1.807, 2.05) is 35.2 Å². The molecule has 1 heterocycles. The van der Waals surface area contributed by atoms with E-state index in [2.05, 4.69) is 5.32 Å². The first-order valence-electron chi connectivity index (χ1n) is 9.62. The number of amides is 3. The molecule has 166 valence electrons. The lowest BCUT2D eigenvalue weighted by Crippen LogP contribution is -2.52. The first-order valence-corrected chi connectivity index (χ1v) is 9.99. The fraction of sp³-hybridized carbons (Fsp3) is 0.333. The molecule has 1 aliphatic rings. The minimum absolute atomic E-state index is 0.0174. The number of anilines is 2. The van der Waals surface area contributed by atoms with Gasteiger partial charge in [-0.3, -0.25) is 9.69 Å². The highest BCUT2D eigenvalue weighted by Gasteiger charge is 2.33. The molecule has 0 aliphatic carbocycles. The molecule has 2 aromatic carbocycles. The standard InChI is InChI=1S/C21H22ClF3N4O2/c1-27(16-5-3-2-4-6-16)19(30)14-28-9-11-29(12-10-28)20(31)26-15-7-8-18(22)17(13-15)21(23,24)25/h2-8,13H,9-12,14H2,1H3,(H,26,31). The van der Waals surface area contributed by atoms with Gasteiger partial charge in [0.1, 0.15) is 0 Å². The summed E-state index contributed by atoms with van der Waals surface area (Å²) in [5.41, 5.74) is -0.187. The van der Waals surface area contributed by atoms with Gasteiger partial charge in [0.2, 0.25) is 5.91 Å². The number of likely N-dealkylation sites (N-methyl/N-ethyl adjacent to an activating group) is 1. The Labute approximate surface area is 183 Å². The molecule has 6 nitrogen and oxygen atoms in total. The monoisotopic (exact) mass is 454 g/mol. The normalized spacial score (nSPS) is 14.9. The van der Waals surface area contributed by atoms with Crippen LogP contribution in [0.25, 0.3) is 0 Å². The Morgan fingerprint density at radius 1 is 1.06 bits per heavy atom. The summed E-state index contributed by atoms with van der Waals surface area (Å²) in [6.45, 7) is 1.89. The average molecular weight is 455 g/mol. The maximum Gasteiger partial charge on any atom is 0.417 e. The van der Waals surface area contributed by atoms with Gasteiger partial charge in [-0.15, -0.1) is 0 Å². The van der Waals surface area contributed by atoms with Crippen LogP contribution in [0, 0.1) is 0 Å². The van der Waals surface area contributed by atoms with Crippen molar-refractivity contribution in [1.29, 1.82) is 0 Å². The Morgan fingerprint density at radius 2 is 1.71 bits per heavy atom. The molecule has 0 unspecified atom stereocenters. The van der Waals surface area contributed by atoms with Crippen molar-refractivity contribution in [3.05, 3.63) is 59.1 Å². The number of nitrogens with zero attached hydrogens (tertiary/aromatic N) is 3. The number of carbonyl (C=O) groups is 2. The number of urea groups is 1. The predicted molar refractivity (Wildman–Crippen MR) is 113 cm³/mol. The van der Waals surface area contributed by atoms with Gasteiger partial charge in [0.05, 0.1) is 17.1 Å². The van der Waals surface area contributed by atoms with Crippen molar-refractivity contribution in [2.45, 2.75) is 6.18 Å². The van der Waals surface area contributed by atoms with Crippen molar-refractivity contribution in [2.24, 2.45) is 0 Å². The molecule has 0 aromatic heterocycles. The Kier molecular flexibility index (Phi) is 7.07. The first kappa shape index (κ1) is 22.9. The number of hydrogen-bond acceptors (Lipinski definition) is 3. The van der Waals surface area contributed by atoms with Crippen LogP contribution in [-0.2, 0) is 11.0 Å². The molecular weight excluding hydrogens is 433 g/mol. The number of carbonyl (C=O) groups excluding carboxylic acids is 2. The van der Waals surface area contributed by atoms with Crippen LogP contribution >= 0.6 is 11.6 Å². The quantitative estimate of drug-likeness (QED) is 0.754. The van der Waals surface area contributed by atoms with E-state index in [1.54, 1.807) is 11.9 Å². The third kappa shape index (κ3) is 5.89. The minimum atomic E-state index is -4.61. The Morgan fingerprint density at radius 3 is 2.32 bits per heavy atom. The molecule has 1 N–H and O–H groups in total. The van der Waals surface area contributed by atoms with Gasteiger partial charge in [-0.2, -0.15) is 13.2 Å². The summed E-state index contributed by atoms with van der Waals surface area (Å²) in [7, 11) is 1.71. The minimum Gasteiger partial charge on any atom is -0.322 e. The molecule has 10 heteroatoms. The van der Waals surface area contributed by atoms with Gasteiger partial charge in [-0.25, -0.2) is 4.79 Å². The van der Waals surface area contributed by atoms with Crippen molar-refractivity contribution in [3.8, 4) is 0 Å². The SMILES string of the molecule is CN(C(=O)CN1CCN(C(=O)Nc2ccc(Cl)c(C(F)(F)F)c2)CC1)c1ccccc1. The lowest BCUT2D eigenvalue weighted by atomic mass is 10.2. The summed E-state index contributed by atoms with van der Waals surface area (Å²) in [6.07, 6.45) is -4.61. The van der Waals surface area contributed by atoms with Crippen LogP contribution in [-0.4, -0.2) is 61.5 Å². The number of hydrogen-bond donors (Lipinski definition) is 1. The number of benzene rings is 2. The van der Waals surface area contributed by atoms with Gasteiger partial charge in [0.25, 0.3) is 0 Å². The second kappa shape index (κ2) is 9.57. The maximum atomic E-state index is 13.0. The lowest BCUT2D eigenvalue weighted by Gasteiger charge is -2.35. The van der Waals surface area contributed by atoms with Crippen LogP contribution in [0.2, 0.25) is 5.02 Å². The van der Waals surface area contributed by atoms with Crippen molar-refractivity contribution < 1.29 is 22.8 Å². The van der Waals surface area contributed by atoms with Crippen molar-refractivity contribution in [3.63, 3.8) is 0 Å². The van der Waals surface area contributed by atoms with Crippen LogP contribution in [0.15, 0.2) is 48.5 Å². The number of piperazine rings is 1. The first-order chi connectivity index (χ1) is 14.6. The third-order valence-corrected chi connectivity index (χ3v) is 5.39. The molecule has 0 radical (unpaired) electrons. The molecule has 3 amide bonds. The van der Waals surface area contributed by atoms with E-state index in [1.165, 1.54) is 11.0 Å². The summed E-state index contributed by atoms with van der Waals surface area (Å²) in [5.74, 6) is -0.0649. The van der Waals surface area contributed by atoms with Crippen molar-refractivity contribution in [1.82, 2.24) is 9.80 Å². The van der Waals surface area contributed by atoms with Gasteiger partial charge in [0, 0.05) is 44.6 Å². The molecule has 3 rings (SSSR count). The molecule has 0 bridgehead atoms. The molecule has 0 saturated carbocycles. The zero-order valence-electron chi connectivity index (χ0n) is 16.8. The highest BCUT2D eigenvalue weighted by atomic mass is 35.5. The fourth-order valence-electron chi connectivity index (χ4n) is 3.22. The Balaban J connectivity index is 1.52. The number of alkyl halides is 3. The molecule has 2 aromatic rings. The number of nitrogens with one attached hydrogen (secondary N) is 1. The number of para-hydroxylation sites is 1. The summed E-state index contributed by atoms with van der Waals surface area (Å²) in [6, 6.07) is 12.0. The van der Waals surface area contributed by atoms with Crippen molar-refractivity contribution in [2.75, 3.05) is 50.0 Å². The molecule has 1 aliphatic heterocycles. The summed E-state index contributed by atoms with van der Waals surface area (Å²) >= 11 is 5.61. The van der Waals surface area contributed by atoms with E-state index in [-0.39, 0.29) is 18.1 Å². The Bertz CT molecular complexity index is 932. The average Bonchev–Trinajstić information content (AvgIpc) is 2.74. The smallest absolute Gasteiger partial charge is 0.322 e. The van der Waals surface area contributed by atoms with Gasteiger partial charge in [-0.1, -0.05) is 29.8 Å². The molecule has 1 saturated heterocycles. The topological polar surface area (TPSA) is 55.9 Å². The second-order valence-electron chi connectivity index (χ2n) is 7.17. The molecular formula is C21H22ClF3N4O2. The third-order valence-electron chi connectivity index (χ3n) is 5.06. The highest BCUT2D eigenvalue weighted by Crippen LogP contribution is 2.36. The number of rotatable bonds is 4. The van der Waals surface area contributed by atoms with E-state index in [0.717, 1.165) is 17.8 Å². The largest absolute Gasteiger partial charge is 0.417 e. The lowest BCUT2D eigenvalue weighted by molar-refractivity contribution is -0.137. The van der Waals surface area contributed by atoms with Crippen LogP contribution in [0.1, 0.15) is 5.56 Å². The molecule has 1 fully saturated rings. The zero-order valence-corrected chi connectivity index (χ0v) is 17.6. The van der Waals surface area contributed by atoms with Crippen LogP contribution in [0.3, 0.4) is 0 Å². The van der Waals surface area contributed by atoms with Gasteiger partial charge < -0.3 is 15.1 Å². The van der Waals surface area contributed by atoms with E-state index in [4.69, 9.17) is 11.6 Å². The van der Waals surface area contributed by atoms with Gasteiger partial charge in [-0.05, 0) is 30.3 Å². The molecule has 0 spiro atoms. The van der Waals surface area contributed by atoms with Crippen LogP contribution in [0.4, 0.5) is 29.3 Å². The van der Waals surface area contributed by atoms with E-state index >= 15 is 0 Å².